The summed E-state index contributed by atoms with van der Waals surface area (Å²) in [6.07, 6.45) is 3.27. The van der Waals surface area contributed by atoms with Crippen molar-refractivity contribution in [1.82, 2.24) is 24.9 Å². The van der Waals surface area contributed by atoms with Crippen LogP contribution in [-0.2, 0) is 6.54 Å². The number of aromatic nitrogens is 4. The van der Waals surface area contributed by atoms with Gasteiger partial charge in [-0.05, 0) is 36.6 Å². The van der Waals surface area contributed by atoms with Crippen molar-refractivity contribution < 1.29 is 18.0 Å². The minimum atomic E-state index is -2.83. The van der Waals surface area contributed by atoms with E-state index in [4.69, 9.17) is 9.52 Å². The van der Waals surface area contributed by atoms with Gasteiger partial charge in [-0.25, -0.2) is 0 Å². The van der Waals surface area contributed by atoms with Crippen molar-refractivity contribution in [2.75, 3.05) is 0 Å². The maximum Gasteiger partial charge on any atom is 0.314 e. The number of hydrogen-bond acceptors (Lipinski definition) is 5. The van der Waals surface area contributed by atoms with Crippen LogP contribution >= 0.6 is 0 Å². The van der Waals surface area contributed by atoms with E-state index in [1.54, 1.807) is 12.1 Å². The molecule has 33 heavy (non-hydrogen) atoms. The van der Waals surface area contributed by atoms with Crippen LogP contribution in [0.15, 0.2) is 53.1 Å². The lowest BCUT2D eigenvalue weighted by Crippen LogP contribution is -2.43. The van der Waals surface area contributed by atoms with Crippen molar-refractivity contribution in [3.05, 3.63) is 65.7 Å². The van der Waals surface area contributed by atoms with E-state index >= 15 is 0 Å². The van der Waals surface area contributed by atoms with Gasteiger partial charge in [0, 0.05) is 29.3 Å². The number of rotatable bonds is 4. The largest absolute Gasteiger partial charge is 0.415 e. The highest BCUT2D eigenvalue weighted by Gasteiger charge is 2.39. The first kappa shape index (κ1) is 20.0. The van der Waals surface area contributed by atoms with Crippen LogP contribution < -0.4 is 0 Å². The molecule has 1 aliphatic carbocycles. The number of benzene rings is 2. The molecule has 2 aliphatic rings. The van der Waals surface area contributed by atoms with E-state index in [2.05, 4.69) is 16.4 Å². The Morgan fingerprint density at radius 2 is 1.85 bits per heavy atom. The van der Waals surface area contributed by atoms with Gasteiger partial charge >= 0.3 is 6.43 Å². The molecule has 0 unspecified atom stereocenters. The summed E-state index contributed by atoms with van der Waals surface area (Å²) < 4.78 is 32.7. The maximum absolute atomic E-state index is 13.5. The molecule has 0 bridgehead atoms. The number of hydrogen-bond donors (Lipinski definition) is 0. The summed E-state index contributed by atoms with van der Waals surface area (Å²) in [6.45, 7) is 0.516. The summed E-state index contributed by atoms with van der Waals surface area (Å²) in [5.74, 6) is -0.803. The van der Waals surface area contributed by atoms with Gasteiger partial charge in [0.15, 0.2) is 0 Å². The van der Waals surface area contributed by atoms with Crippen LogP contribution in [0, 0.1) is 0 Å². The van der Waals surface area contributed by atoms with E-state index in [0.29, 0.717) is 17.7 Å². The van der Waals surface area contributed by atoms with Crippen LogP contribution in [0.4, 0.5) is 8.78 Å². The summed E-state index contributed by atoms with van der Waals surface area (Å²) in [5.41, 5.74) is 2.87. The van der Waals surface area contributed by atoms with E-state index in [9.17, 15) is 13.6 Å². The highest BCUT2D eigenvalue weighted by molar-refractivity contribution is 5.99. The minimum absolute atomic E-state index is 0.0156. The second-order valence-corrected chi connectivity index (χ2v) is 8.64. The van der Waals surface area contributed by atoms with Gasteiger partial charge in [-0.15, -0.1) is 10.2 Å². The Morgan fingerprint density at radius 3 is 2.64 bits per heavy atom. The fourth-order valence-electron chi connectivity index (χ4n) is 5.08. The van der Waals surface area contributed by atoms with Gasteiger partial charge in [0.25, 0.3) is 11.8 Å². The summed E-state index contributed by atoms with van der Waals surface area (Å²) >= 11 is 0. The van der Waals surface area contributed by atoms with E-state index in [1.807, 2.05) is 39.9 Å². The monoisotopic (exact) mass is 449 g/mol. The third-order valence-electron chi connectivity index (χ3n) is 6.68. The summed E-state index contributed by atoms with van der Waals surface area (Å²) in [5, 5.41) is 13.0. The first-order valence-electron chi connectivity index (χ1n) is 11.1. The Labute approximate surface area is 188 Å². The molecule has 2 atom stereocenters. The molecule has 3 heterocycles. The zero-order chi connectivity index (χ0) is 22.5. The lowest BCUT2D eigenvalue weighted by molar-refractivity contribution is 0.0559. The predicted octanol–water partition coefficient (Wildman–Crippen LogP) is 5.16. The molecule has 0 saturated heterocycles. The summed E-state index contributed by atoms with van der Waals surface area (Å²) in [7, 11) is 0. The molecule has 1 saturated carbocycles. The van der Waals surface area contributed by atoms with Crippen molar-refractivity contribution in [2.24, 2.45) is 0 Å². The van der Waals surface area contributed by atoms with Crippen LogP contribution in [-0.4, -0.2) is 36.8 Å². The van der Waals surface area contributed by atoms with Crippen LogP contribution in [0.1, 0.15) is 60.0 Å². The normalized spacial score (nSPS) is 20.7. The van der Waals surface area contributed by atoms with Crippen molar-refractivity contribution in [3.63, 3.8) is 0 Å². The van der Waals surface area contributed by atoms with E-state index in [0.717, 1.165) is 42.1 Å². The first-order chi connectivity index (χ1) is 16.1. The number of nitrogens with zero attached hydrogens (tertiary/aromatic N) is 5. The SMILES string of the molecule is O=C1c2cc(-c3nnc(C(F)F)o3)ccc2CN1[C@@H]1CCCC[C@H]1n1cc2ccccc2n1. The number of carbonyl (C=O) groups excluding carboxylic acids is 1. The van der Waals surface area contributed by atoms with E-state index in [1.165, 1.54) is 0 Å². The molecule has 7 nitrogen and oxygen atoms in total. The average molecular weight is 449 g/mol. The van der Waals surface area contributed by atoms with Gasteiger partial charge < -0.3 is 9.32 Å². The topological polar surface area (TPSA) is 77.0 Å². The molecule has 2 aromatic carbocycles. The maximum atomic E-state index is 13.5. The van der Waals surface area contributed by atoms with Gasteiger partial charge in [-0.3, -0.25) is 9.48 Å². The molecule has 6 rings (SSSR count). The minimum Gasteiger partial charge on any atom is -0.415 e. The van der Waals surface area contributed by atoms with Crippen molar-refractivity contribution in [3.8, 4) is 11.5 Å². The molecule has 1 fully saturated rings. The lowest BCUT2D eigenvalue weighted by Gasteiger charge is -2.38. The van der Waals surface area contributed by atoms with Crippen LogP contribution in [0.25, 0.3) is 22.4 Å². The van der Waals surface area contributed by atoms with Gasteiger partial charge in [0.05, 0.1) is 17.6 Å². The van der Waals surface area contributed by atoms with Crippen molar-refractivity contribution in [2.45, 2.75) is 50.7 Å². The zero-order valence-corrected chi connectivity index (χ0v) is 17.7. The van der Waals surface area contributed by atoms with Crippen molar-refractivity contribution in [1.29, 1.82) is 0 Å². The fourth-order valence-corrected chi connectivity index (χ4v) is 5.08. The van der Waals surface area contributed by atoms with Gasteiger partial charge in [0.1, 0.15) is 0 Å². The third-order valence-corrected chi connectivity index (χ3v) is 6.68. The second-order valence-electron chi connectivity index (χ2n) is 8.64. The molecule has 9 heteroatoms. The second kappa shape index (κ2) is 7.75. The third kappa shape index (κ3) is 3.39. The molecule has 1 amide bonds. The van der Waals surface area contributed by atoms with Gasteiger partial charge in [0.2, 0.25) is 5.89 Å². The zero-order valence-electron chi connectivity index (χ0n) is 17.7. The Morgan fingerprint density at radius 1 is 1.03 bits per heavy atom. The molecule has 0 spiro atoms. The van der Waals surface area contributed by atoms with Crippen molar-refractivity contribution >= 4 is 16.8 Å². The number of carbonyl (C=O) groups is 1. The molecule has 2 aromatic heterocycles. The number of fused-ring (bicyclic) bond motifs is 2. The molecule has 168 valence electrons. The molecular weight excluding hydrogens is 428 g/mol. The van der Waals surface area contributed by atoms with Gasteiger partial charge in [-0.2, -0.15) is 13.9 Å². The summed E-state index contributed by atoms with van der Waals surface area (Å²) in [6, 6.07) is 13.4. The number of amides is 1. The lowest BCUT2D eigenvalue weighted by atomic mass is 9.89. The smallest absolute Gasteiger partial charge is 0.314 e. The molecule has 0 N–H and O–H groups in total. The quantitative estimate of drug-likeness (QED) is 0.430. The van der Waals surface area contributed by atoms with E-state index in [-0.39, 0.29) is 23.9 Å². The Bertz CT molecular complexity index is 1310. The van der Waals surface area contributed by atoms with E-state index < -0.39 is 12.3 Å². The molecule has 4 aromatic rings. The Hall–Kier alpha value is -3.62. The fraction of sp³-hybridized carbons (Fsp3) is 0.333. The Balaban J connectivity index is 1.30. The van der Waals surface area contributed by atoms with Crippen LogP contribution in [0.3, 0.4) is 0 Å². The highest BCUT2D eigenvalue weighted by Crippen LogP contribution is 2.38. The first-order valence-corrected chi connectivity index (χ1v) is 11.1. The molecular formula is C24H21F2N5O2. The average Bonchev–Trinajstić information content (AvgIpc) is 3.56. The Kier molecular flexibility index (Phi) is 4.70. The molecule has 0 radical (unpaired) electrons. The number of alkyl halides is 2. The number of halogens is 2. The highest BCUT2D eigenvalue weighted by atomic mass is 19.3. The van der Waals surface area contributed by atoms with Crippen LogP contribution in [0.5, 0.6) is 0 Å². The predicted molar refractivity (Wildman–Crippen MR) is 116 cm³/mol. The molecule has 1 aliphatic heterocycles. The standard InChI is InChI=1S/C24H21F2N5O2/c25-21(26)23-28-27-22(33-23)14-9-10-15-12-30(24(32)17(15)11-14)19-7-3-4-8-20(19)31-13-16-5-1-2-6-18(16)29-31/h1-2,5-6,9-11,13,19-21H,3-4,7-8,12H2/t19-,20-/m1/s1. The summed E-state index contributed by atoms with van der Waals surface area (Å²) in [4.78, 5) is 15.4. The van der Waals surface area contributed by atoms with Gasteiger partial charge in [-0.1, -0.05) is 37.1 Å². The van der Waals surface area contributed by atoms with Crippen LogP contribution in [0.2, 0.25) is 0 Å².